The average molecular weight is 393 g/mol. The Bertz CT molecular complexity index is 623. The Kier molecular flexibility index (Phi) is 8.05. The van der Waals surface area contributed by atoms with Gasteiger partial charge in [0.05, 0.1) is 13.1 Å². The van der Waals surface area contributed by atoms with Crippen LogP contribution in [0.1, 0.15) is 31.9 Å². The number of nitrogens with one attached hydrogen (secondary N) is 2. The number of ether oxygens (including phenoxy) is 1. The maximum atomic E-state index is 5.15. The molecule has 0 bridgehead atoms. The van der Waals surface area contributed by atoms with Gasteiger partial charge in [0.25, 0.3) is 0 Å². The van der Waals surface area contributed by atoms with Crippen LogP contribution in [0.2, 0.25) is 0 Å². The second-order valence-corrected chi connectivity index (χ2v) is 7.48. The molecule has 1 atom stereocenters. The van der Waals surface area contributed by atoms with Gasteiger partial charge in [0, 0.05) is 58.8 Å². The fourth-order valence-corrected chi connectivity index (χ4v) is 3.81. The topological polar surface area (TPSA) is 82.8 Å². The fraction of sp³-hybridized carbons (Fsp3) is 0.842. The first-order valence-electron chi connectivity index (χ1n) is 10.6. The van der Waals surface area contributed by atoms with Gasteiger partial charge < -0.3 is 20.3 Å². The number of piperazine rings is 1. The normalized spacial score (nSPS) is 21.5. The number of aliphatic imine (C=N–C) groups is 1. The molecule has 9 heteroatoms. The monoisotopic (exact) mass is 392 g/mol. The van der Waals surface area contributed by atoms with Gasteiger partial charge >= 0.3 is 0 Å². The summed E-state index contributed by atoms with van der Waals surface area (Å²) in [4.78, 5) is 14.4. The van der Waals surface area contributed by atoms with Crippen LogP contribution < -0.4 is 10.6 Å². The largest absolute Gasteiger partial charge is 0.377 e. The van der Waals surface area contributed by atoms with Gasteiger partial charge in [-0.3, -0.25) is 9.89 Å². The van der Waals surface area contributed by atoms with Crippen molar-refractivity contribution >= 4 is 5.96 Å². The second kappa shape index (κ2) is 10.7. The van der Waals surface area contributed by atoms with Gasteiger partial charge in [-0.25, -0.2) is 9.67 Å². The summed E-state index contributed by atoms with van der Waals surface area (Å²) < 4.78 is 7.15. The number of methoxy groups -OCH3 is 1. The summed E-state index contributed by atoms with van der Waals surface area (Å²) in [5.41, 5.74) is 0. The number of guanidine groups is 1. The molecule has 1 aromatic heterocycles. The minimum atomic E-state index is 0.315. The van der Waals surface area contributed by atoms with Gasteiger partial charge in [-0.05, 0) is 19.9 Å². The van der Waals surface area contributed by atoms with Crippen molar-refractivity contribution in [1.82, 2.24) is 35.2 Å². The Morgan fingerprint density at radius 3 is 2.71 bits per heavy atom. The Morgan fingerprint density at radius 1 is 1.21 bits per heavy atom. The van der Waals surface area contributed by atoms with E-state index in [2.05, 4.69) is 44.4 Å². The summed E-state index contributed by atoms with van der Waals surface area (Å²) in [6.07, 6.45) is 1.96. The maximum absolute atomic E-state index is 5.15. The second-order valence-electron chi connectivity index (χ2n) is 7.48. The number of aryl methyl sites for hydroxylation is 1. The number of likely N-dealkylation sites (N-methyl/N-ethyl adjacent to an activating group) is 1. The van der Waals surface area contributed by atoms with Gasteiger partial charge in [0.1, 0.15) is 12.4 Å². The minimum absolute atomic E-state index is 0.315. The highest BCUT2D eigenvalue weighted by Gasteiger charge is 2.22. The molecule has 0 spiro atoms. The van der Waals surface area contributed by atoms with E-state index >= 15 is 0 Å². The molecule has 0 saturated carbocycles. The van der Waals surface area contributed by atoms with Crippen LogP contribution in [-0.2, 0) is 24.3 Å². The maximum Gasteiger partial charge on any atom is 0.191 e. The minimum Gasteiger partial charge on any atom is -0.377 e. The Labute approximate surface area is 168 Å². The Morgan fingerprint density at radius 2 is 2.00 bits per heavy atom. The summed E-state index contributed by atoms with van der Waals surface area (Å²) in [6.45, 7) is 14.1. The predicted molar refractivity (Wildman–Crippen MR) is 111 cm³/mol. The lowest BCUT2D eigenvalue weighted by Gasteiger charge is -2.33. The van der Waals surface area contributed by atoms with Crippen molar-refractivity contribution < 1.29 is 4.74 Å². The first-order chi connectivity index (χ1) is 13.7. The third kappa shape index (κ3) is 5.89. The zero-order chi connectivity index (χ0) is 19.8. The molecule has 158 valence electrons. The predicted octanol–water partition coefficient (Wildman–Crippen LogP) is -0.0681. The van der Waals surface area contributed by atoms with Crippen molar-refractivity contribution in [3.05, 3.63) is 11.6 Å². The van der Waals surface area contributed by atoms with Crippen LogP contribution in [0.4, 0.5) is 0 Å². The van der Waals surface area contributed by atoms with E-state index in [1.165, 1.54) is 13.1 Å². The van der Waals surface area contributed by atoms with Gasteiger partial charge in [-0.15, -0.1) is 0 Å². The van der Waals surface area contributed by atoms with E-state index in [0.29, 0.717) is 12.6 Å². The number of hydrogen-bond acceptors (Lipinski definition) is 6. The molecule has 2 N–H and O–H groups in total. The number of aromatic nitrogens is 3. The molecule has 9 nitrogen and oxygen atoms in total. The SMILES string of the molecule is CCNC(=NCCN1CCN(CC)CC1)NC1CCc2nc(COC)nn2C1. The summed E-state index contributed by atoms with van der Waals surface area (Å²) in [5.74, 6) is 2.72. The highest BCUT2D eigenvalue weighted by atomic mass is 16.5. The van der Waals surface area contributed by atoms with Crippen molar-refractivity contribution in [2.45, 2.75) is 45.9 Å². The van der Waals surface area contributed by atoms with E-state index in [1.807, 2.05) is 4.68 Å². The van der Waals surface area contributed by atoms with Crippen LogP contribution in [0.5, 0.6) is 0 Å². The summed E-state index contributed by atoms with van der Waals surface area (Å²) in [7, 11) is 1.67. The molecular formula is C19H36N8O. The molecule has 1 fully saturated rings. The number of rotatable bonds is 8. The van der Waals surface area contributed by atoms with Crippen molar-refractivity contribution in [3.8, 4) is 0 Å². The summed E-state index contributed by atoms with van der Waals surface area (Å²) in [5, 5.41) is 11.5. The van der Waals surface area contributed by atoms with Crippen molar-refractivity contribution in [1.29, 1.82) is 0 Å². The van der Waals surface area contributed by atoms with E-state index in [-0.39, 0.29) is 0 Å². The lowest BCUT2D eigenvalue weighted by Crippen LogP contribution is -2.48. The zero-order valence-corrected chi connectivity index (χ0v) is 17.7. The Hall–Kier alpha value is -1.71. The van der Waals surface area contributed by atoms with E-state index < -0.39 is 0 Å². The quantitative estimate of drug-likeness (QED) is 0.473. The first kappa shape index (κ1) is 21.0. The highest BCUT2D eigenvalue weighted by Crippen LogP contribution is 2.13. The van der Waals surface area contributed by atoms with E-state index in [1.54, 1.807) is 7.11 Å². The van der Waals surface area contributed by atoms with E-state index in [0.717, 1.165) is 76.3 Å². The fourth-order valence-electron chi connectivity index (χ4n) is 3.81. The van der Waals surface area contributed by atoms with Crippen LogP contribution in [0.3, 0.4) is 0 Å². The third-order valence-corrected chi connectivity index (χ3v) is 5.46. The van der Waals surface area contributed by atoms with Crippen LogP contribution in [0.25, 0.3) is 0 Å². The molecule has 2 aliphatic rings. The highest BCUT2D eigenvalue weighted by molar-refractivity contribution is 5.80. The standard InChI is InChI=1S/C19H36N8O/c1-4-20-19(21-8-9-26-12-10-25(5-2)11-13-26)22-16-6-7-18-23-17(15-28-3)24-27(18)14-16/h16H,4-15H2,1-3H3,(H2,20,21,22). The molecule has 1 unspecified atom stereocenters. The molecule has 1 saturated heterocycles. The first-order valence-corrected chi connectivity index (χ1v) is 10.6. The number of hydrogen-bond donors (Lipinski definition) is 2. The van der Waals surface area contributed by atoms with Crippen LogP contribution in [-0.4, -0.2) is 96.0 Å². The van der Waals surface area contributed by atoms with E-state index in [4.69, 9.17) is 9.73 Å². The van der Waals surface area contributed by atoms with Crippen LogP contribution >= 0.6 is 0 Å². The van der Waals surface area contributed by atoms with Crippen molar-refractivity contribution in [3.63, 3.8) is 0 Å². The summed E-state index contributed by atoms with van der Waals surface area (Å²) in [6, 6.07) is 0.315. The molecule has 3 heterocycles. The zero-order valence-electron chi connectivity index (χ0n) is 17.7. The van der Waals surface area contributed by atoms with Crippen LogP contribution in [0.15, 0.2) is 4.99 Å². The average Bonchev–Trinajstić information content (AvgIpc) is 3.10. The van der Waals surface area contributed by atoms with E-state index in [9.17, 15) is 0 Å². The lowest BCUT2D eigenvalue weighted by molar-refractivity contribution is 0.140. The van der Waals surface area contributed by atoms with Crippen LogP contribution in [0, 0.1) is 0 Å². The Balaban J connectivity index is 1.48. The lowest BCUT2D eigenvalue weighted by atomic mass is 10.1. The molecule has 0 aliphatic carbocycles. The summed E-state index contributed by atoms with van der Waals surface area (Å²) >= 11 is 0. The molecule has 0 radical (unpaired) electrons. The van der Waals surface area contributed by atoms with Crippen molar-refractivity contribution in [2.75, 3.05) is 59.5 Å². The van der Waals surface area contributed by atoms with Gasteiger partial charge in [-0.2, -0.15) is 5.10 Å². The molecule has 3 rings (SSSR count). The van der Waals surface area contributed by atoms with Gasteiger partial charge in [0.15, 0.2) is 11.8 Å². The molecule has 0 amide bonds. The molecule has 1 aromatic rings. The third-order valence-electron chi connectivity index (χ3n) is 5.46. The molecule has 28 heavy (non-hydrogen) atoms. The molecular weight excluding hydrogens is 356 g/mol. The number of nitrogens with zero attached hydrogens (tertiary/aromatic N) is 6. The van der Waals surface area contributed by atoms with Gasteiger partial charge in [0.2, 0.25) is 0 Å². The van der Waals surface area contributed by atoms with Gasteiger partial charge in [-0.1, -0.05) is 6.92 Å². The molecule has 2 aliphatic heterocycles. The number of fused-ring (bicyclic) bond motifs is 1. The van der Waals surface area contributed by atoms with Crippen molar-refractivity contribution in [2.24, 2.45) is 4.99 Å². The molecule has 0 aromatic carbocycles. The smallest absolute Gasteiger partial charge is 0.191 e.